The van der Waals surface area contributed by atoms with Crippen molar-refractivity contribution in [2.45, 2.75) is 204 Å². The number of fused-ring (bicyclic) bond motifs is 6. The fourth-order valence-electron chi connectivity index (χ4n) is 14.4. The summed E-state index contributed by atoms with van der Waals surface area (Å²) in [7, 11) is 0. The SMILES string of the molecule is CC(C)(C)CC(C)(C)c1cc(-c2cc(C#N)ccc2OCCCOc2ccc(C#N)cc2-c2cc(C(C)(C)CC(C)(C)C)cc(-n3c4ccc(C(C)(C)C)cc4c4cc(C(C)(C)C)ccc43)c2O)c(O)c(-n2c3ccc(C(C)(C)C)cc3c3cc(C(C)(C)C)ccc32)c1. The van der Waals surface area contributed by atoms with Crippen molar-refractivity contribution in [2.24, 2.45) is 10.8 Å². The van der Waals surface area contributed by atoms with Crippen LogP contribution in [-0.2, 0) is 32.5 Å². The molecular formula is C85H100N4O4. The van der Waals surface area contributed by atoms with E-state index in [0.29, 0.717) is 62.7 Å². The number of benzene rings is 8. The molecule has 2 heterocycles. The molecule has 0 saturated heterocycles. The smallest absolute Gasteiger partial charge is 0.147 e. The van der Waals surface area contributed by atoms with Crippen molar-refractivity contribution in [3.63, 3.8) is 0 Å². The third-order valence-electron chi connectivity index (χ3n) is 18.8. The average Bonchev–Trinajstić information content (AvgIpc) is 1.62. The number of aromatic nitrogens is 2. The van der Waals surface area contributed by atoms with Crippen LogP contribution in [0.4, 0.5) is 0 Å². The second-order valence-electron chi connectivity index (χ2n) is 34.3. The van der Waals surface area contributed by atoms with Gasteiger partial charge in [-0.3, -0.25) is 0 Å². The zero-order valence-corrected chi connectivity index (χ0v) is 59.7. The highest BCUT2D eigenvalue weighted by molar-refractivity contribution is 6.11. The lowest BCUT2D eigenvalue weighted by atomic mass is 9.71. The van der Waals surface area contributed by atoms with Crippen LogP contribution in [0.1, 0.15) is 216 Å². The second kappa shape index (κ2) is 23.8. The summed E-state index contributed by atoms with van der Waals surface area (Å²) in [6.07, 6.45) is 2.18. The van der Waals surface area contributed by atoms with E-state index in [-0.39, 0.29) is 68.0 Å². The third-order valence-corrected chi connectivity index (χ3v) is 18.8. The molecular weight excluding hydrogens is 1140 g/mol. The van der Waals surface area contributed by atoms with Gasteiger partial charge in [0.05, 0.1) is 69.9 Å². The molecule has 0 saturated carbocycles. The summed E-state index contributed by atoms with van der Waals surface area (Å²) >= 11 is 0. The largest absolute Gasteiger partial charge is 0.505 e. The summed E-state index contributed by atoms with van der Waals surface area (Å²) < 4.78 is 18.0. The van der Waals surface area contributed by atoms with Crippen LogP contribution in [0, 0.1) is 33.5 Å². The molecule has 2 N–H and O–H groups in total. The second-order valence-corrected chi connectivity index (χ2v) is 34.3. The van der Waals surface area contributed by atoms with E-state index >= 15 is 0 Å². The van der Waals surface area contributed by atoms with Gasteiger partial charge in [0.15, 0.2) is 0 Å². The molecule has 0 aliphatic heterocycles. The molecule has 8 heteroatoms. The minimum absolute atomic E-state index is 0.0191. The molecule has 2 aromatic heterocycles. The lowest BCUT2D eigenvalue weighted by molar-refractivity contribution is 0.248. The predicted octanol–water partition coefficient (Wildman–Crippen LogP) is 22.8. The Bertz CT molecular complexity index is 4200. The molecule has 484 valence electrons. The number of ether oxygens (including phenoxy) is 2. The van der Waals surface area contributed by atoms with Crippen molar-refractivity contribution in [2.75, 3.05) is 13.2 Å². The van der Waals surface area contributed by atoms with E-state index in [1.165, 1.54) is 22.3 Å². The first-order valence-corrected chi connectivity index (χ1v) is 33.4. The van der Waals surface area contributed by atoms with Crippen molar-refractivity contribution in [3.05, 3.63) is 178 Å². The van der Waals surface area contributed by atoms with Gasteiger partial charge in [-0.15, -0.1) is 0 Å². The van der Waals surface area contributed by atoms with Crippen LogP contribution in [0.15, 0.2) is 133 Å². The summed E-state index contributed by atoms with van der Waals surface area (Å²) in [4.78, 5) is 0. The Kier molecular flexibility index (Phi) is 17.3. The van der Waals surface area contributed by atoms with Crippen LogP contribution < -0.4 is 9.47 Å². The van der Waals surface area contributed by atoms with Crippen molar-refractivity contribution >= 4 is 43.6 Å². The summed E-state index contributed by atoms with van der Waals surface area (Å²) in [5.74, 6) is 1.21. The molecule has 0 fully saturated rings. The maximum absolute atomic E-state index is 13.2. The summed E-state index contributed by atoms with van der Waals surface area (Å²) in [5.41, 5.74) is 14.4. The Morgan fingerprint density at radius 2 is 0.634 bits per heavy atom. The van der Waals surface area contributed by atoms with Gasteiger partial charge in [0, 0.05) is 50.2 Å². The normalized spacial score (nSPS) is 13.1. The van der Waals surface area contributed by atoms with E-state index in [1.54, 1.807) is 12.1 Å². The molecule has 0 spiro atoms. The van der Waals surface area contributed by atoms with E-state index in [2.05, 4.69) is 271 Å². The fraction of sp³-hybridized carbons (Fsp3) is 0.412. The van der Waals surface area contributed by atoms with Gasteiger partial charge in [-0.25, -0.2) is 0 Å². The van der Waals surface area contributed by atoms with Crippen LogP contribution in [-0.4, -0.2) is 32.6 Å². The summed E-state index contributed by atoms with van der Waals surface area (Å²) in [6, 6.07) is 51.1. The highest BCUT2D eigenvalue weighted by Gasteiger charge is 2.34. The van der Waals surface area contributed by atoms with Crippen LogP contribution in [0.25, 0.3) is 77.2 Å². The molecule has 8 aromatic carbocycles. The molecule has 10 aromatic rings. The van der Waals surface area contributed by atoms with Crippen molar-refractivity contribution in [1.29, 1.82) is 10.5 Å². The molecule has 0 aliphatic rings. The van der Waals surface area contributed by atoms with Gasteiger partial charge in [-0.05, 0) is 199 Å². The highest BCUT2D eigenvalue weighted by Crippen LogP contribution is 2.51. The predicted molar refractivity (Wildman–Crippen MR) is 390 cm³/mol. The molecule has 10 rings (SSSR count). The number of nitrogens with zero attached hydrogens (tertiary/aromatic N) is 4. The topological polar surface area (TPSA) is 116 Å². The molecule has 93 heavy (non-hydrogen) atoms. The lowest BCUT2D eigenvalue weighted by Gasteiger charge is -2.34. The zero-order valence-electron chi connectivity index (χ0n) is 59.7. The van der Waals surface area contributed by atoms with Crippen LogP contribution >= 0.6 is 0 Å². The Labute approximate surface area is 554 Å². The van der Waals surface area contributed by atoms with E-state index in [0.717, 1.165) is 67.6 Å². The Hall–Kier alpha value is -8.46. The van der Waals surface area contributed by atoms with Gasteiger partial charge in [-0.1, -0.05) is 177 Å². The third kappa shape index (κ3) is 13.7. The molecule has 0 bridgehead atoms. The van der Waals surface area contributed by atoms with Gasteiger partial charge in [0.2, 0.25) is 0 Å². The Morgan fingerprint density at radius 3 is 0.892 bits per heavy atom. The number of phenols is 2. The van der Waals surface area contributed by atoms with Gasteiger partial charge in [-0.2, -0.15) is 10.5 Å². The number of aromatic hydroxyl groups is 2. The molecule has 0 amide bonds. The van der Waals surface area contributed by atoms with Gasteiger partial charge < -0.3 is 28.8 Å². The maximum Gasteiger partial charge on any atom is 0.147 e. The molecule has 0 unspecified atom stereocenters. The Morgan fingerprint density at radius 1 is 0.344 bits per heavy atom. The van der Waals surface area contributed by atoms with Crippen LogP contribution in [0.3, 0.4) is 0 Å². The lowest BCUT2D eigenvalue weighted by Crippen LogP contribution is -2.25. The summed E-state index contributed by atoms with van der Waals surface area (Å²) in [5, 5.41) is 51.8. The van der Waals surface area contributed by atoms with Crippen LogP contribution in [0.2, 0.25) is 0 Å². The minimum atomic E-state index is -0.344. The van der Waals surface area contributed by atoms with Gasteiger partial charge in [0.1, 0.15) is 23.0 Å². The number of rotatable bonds is 14. The van der Waals surface area contributed by atoms with E-state index in [9.17, 15) is 20.7 Å². The Balaban J connectivity index is 1.05. The van der Waals surface area contributed by atoms with E-state index in [4.69, 9.17) is 9.47 Å². The first-order valence-electron chi connectivity index (χ1n) is 33.4. The molecule has 0 atom stereocenters. The standard InChI is InChI=1S/C85H100N4O4/c1-78(2,3)50-84(19,20)58-44-66(76(90)72(46-58)88-68-30-26-54(80(7,8)9)40-60(68)61-41-55(81(10,11)12)27-31-69(61)88)64-38-52(48-86)24-34-74(64)92-36-23-37-93-75-35-25-53(49-87)39-65(75)67-45-59(85(21,22)51-79(4,5)6)47-73(77(67)91)89-70-32-28-56(82(13,14)15)42-62(70)63-43-57(83(16,17)18)29-33-71(63)89/h24-35,38-47,90-91H,23,36-37,50-51H2,1-22H3. The first-order chi connectivity index (χ1) is 43.1. The fourth-order valence-corrected chi connectivity index (χ4v) is 14.4. The average molecular weight is 1240 g/mol. The molecule has 0 aliphatic carbocycles. The number of hydrogen-bond acceptors (Lipinski definition) is 6. The van der Waals surface area contributed by atoms with Gasteiger partial charge >= 0.3 is 0 Å². The van der Waals surface area contributed by atoms with Crippen molar-refractivity contribution in [3.8, 4) is 68.8 Å². The molecule has 0 radical (unpaired) electrons. The monoisotopic (exact) mass is 1240 g/mol. The maximum atomic E-state index is 13.2. The number of hydrogen-bond donors (Lipinski definition) is 2. The van der Waals surface area contributed by atoms with Crippen molar-refractivity contribution in [1.82, 2.24) is 9.13 Å². The van der Waals surface area contributed by atoms with Crippen LogP contribution in [0.5, 0.6) is 23.0 Å². The first kappa shape index (κ1) is 67.4. The number of phenolic OH excluding ortho intramolecular Hbond substituents is 2. The zero-order chi connectivity index (χ0) is 68.1. The molecule has 8 nitrogen and oxygen atoms in total. The highest BCUT2D eigenvalue weighted by atomic mass is 16.5. The van der Waals surface area contributed by atoms with E-state index < -0.39 is 0 Å². The number of nitriles is 2. The van der Waals surface area contributed by atoms with E-state index in [1.807, 2.05) is 24.3 Å². The van der Waals surface area contributed by atoms with Crippen molar-refractivity contribution < 1.29 is 19.7 Å². The van der Waals surface area contributed by atoms with Gasteiger partial charge in [0.25, 0.3) is 0 Å². The quantitative estimate of drug-likeness (QED) is 0.105. The summed E-state index contributed by atoms with van der Waals surface area (Å²) in [6.45, 7) is 50.1. The minimum Gasteiger partial charge on any atom is -0.505 e.